The molecule has 2 rings (SSSR count). The Kier molecular flexibility index (Phi) is 9.69. The summed E-state index contributed by atoms with van der Waals surface area (Å²) in [4.78, 5) is 24.6. The second-order valence-electron chi connectivity index (χ2n) is 8.70. The number of carbonyl (C=O) groups is 2. The van der Waals surface area contributed by atoms with Gasteiger partial charge in [-0.3, -0.25) is 4.79 Å². The number of benzene rings is 2. The molecule has 1 amide bonds. The number of carbonyl (C=O) groups excluding carboxylic acids is 2. The van der Waals surface area contributed by atoms with E-state index in [-0.39, 0.29) is 23.3 Å². The van der Waals surface area contributed by atoms with Gasteiger partial charge in [0.25, 0.3) is 5.91 Å². The Bertz CT molecular complexity index is 1080. The number of hydrogen-bond acceptors (Lipinski definition) is 6. The van der Waals surface area contributed by atoms with Crippen LogP contribution in [0.25, 0.3) is 6.08 Å². The van der Waals surface area contributed by atoms with Crippen molar-refractivity contribution in [1.29, 1.82) is 5.26 Å². The highest BCUT2D eigenvalue weighted by Crippen LogP contribution is 2.32. The van der Waals surface area contributed by atoms with Crippen LogP contribution in [0.15, 0.2) is 48.0 Å². The molecule has 0 saturated carbocycles. The highest BCUT2D eigenvalue weighted by Gasteiger charge is 2.19. The molecule has 0 bridgehead atoms. The van der Waals surface area contributed by atoms with Crippen LogP contribution in [0.1, 0.15) is 51.7 Å². The van der Waals surface area contributed by atoms with Gasteiger partial charge in [0.05, 0.1) is 7.11 Å². The lowest BCUT2D eigenvalue weighted by atomic mass is 9.86. The first-order valence-corrected chi connectivity index (χ1v) is 11.2. The first-order chi connectivity index (χ1) is 16.2. The van der Waals surface area contributed by atoms with Crippen molar-refractivity contribution in [2.24, 2.45) is 0 Å². The lowest BCUT2D eigenvalue weighted by Gasteiger charge is -2.22. The Morgan fingerprint density at radius 3 is 2.47 bits per heavy atom. The van der Waals surface area contributed by atoms with Crippen molar-refractivity contribution in [2.75, 3.05) is 20.3 Å². The molecule has 7 heteroatoms. The molecule has 0 aliphatic heterocycles. The van der Waals surface area contributed by atoms with E-state index in [0.717, 1.165) is 18.4 Å². The molecule has 0 aromatic heterocycles. The molecule has 0 unspecified atom stereocenters. The van der Waals surface area contributed by atoms with E-state index in [2.05, 4.69) is 26.1 Å². The number of nitrogens with one attached hydrogen (secondary N) is 1. The first-order valence-electron chi connectivity index (χ1n) is 11.2. The van der Waals surface area contributed by atoms with E-state index in [4.69, 9.17) is 14.2 Å². The summed E-state index contributed by atoms with van der Waals surface area (Å²) < 4.78 is 16.5. The Morgan fingerprint density at radius 2 is 1.82 bits per heavy atom. The second-order valence-corrected chi connectivity index (χ2v) is 8.70. The fraction of sp³-hybridized carbons (Fsp3) is 0.370. The van der Waals surface area contributed by atoms with Crippen LogP contribution < -0.4 is 19.5 Å². The largest absolute Gasteiger partial charge is 0.493 e. The minimum Gasteiger partial charge on any atom is -0.493 e. The summed E-state index contributed by atoms with van der Waals surface area (Å²) in [5.41, 5.74) is 1.40. The summed E-state index contributed by atoms with van der Waals surface area (Å²) in [6.07, 6.45) is 3.24. The number of esters is 1. The third-order valence-corrected chi connectivity index (χ3v) is 4.94. The number of unbranched alkanes of at least 4 members (excludes halogenated alkanes) is 1. The number of nitrogens with zero attached hydrogens (tertiary/aromatic N) is 1. The van der Waals surface area contributed by atoms with E-state index in [0.29, 0.717) is 23.6 Å². The predicted molar refractivity (Wildman–Crippen MR) is 131 cm³/mol. The van der Waals surface area contributed by atoms with Crippen LogP contribution >= 0.6 is 0 Å². The molecule has 0 radical (unpaired) electrons. The van der Waals surface area contributed by atoms with E-state index in [1.165, 1.54) is 13.2 Å². The lowest BCUT2D eigenvalue weighted by molar-refractivity contribution is -0.136. The minimum absolute atomic E-state index is 0.0196. The van der Waals surface area contributed by atoms with Crippen molar-refractivity contribution in [3.05, 3.63) is 59.2 Å². The molecule has 0 fully saturated rings. The summed E-state index contributed by atoms with van der Waals surface area (Å²) in [6, 6.07) is 14.3. The molecule has 0 spiro atoms. The summed E-state index contributed by atoms with van der Waals surface area (Å²) in [6.45, 7) is 8.47. The number of methoxy groups -OCH3 is 1. The van der Waals surface area contributed by atoms with Gasteiger partial charge in [-0.1, -0.05) is 58.4 Å². The summed E-state index contributed by atoms with van der Waals surface area (Å²) >= 11 is 0. The van der Waals surface area contributed by atoms with Crippen LogP contribution in [0, 0.1) is 11.3 Å². The van der Waals surface area contributed by atoms with Crippen LogP contribution in [0.5, 0.6) is 17.2 Å². The van der Waals surface area contributed by atoms with Crippen LogP contribution in [0.4, 0.5) is 0 Å². The molecule has 2 aromatic carbocycles. The van der Waals surface area contributed by atoms with E-state index < -0.39 is 11.9 Å². The fourth-order valence-electron chi connectivity index (χ4n) is 3.15. The maximum atomic E-state index is 12.4. The quantitative estimate of drug-likeness (QED) is 0.178. The third kappa shape index (κ3) is 7.66. The molecule has 0 aliphatic carbocycles. The highest BCUT2D eigenvalue weighted by molar-refractivity contribution is 6.01. The Labute approximate surface area is 201 Å². The molecule has 180 valence electrons. The molecule has 0 heterocycles. The number of amides is 1. The molecule has 1 N–H and O–H groups in total. The van der Waals surface area contributed by atoms with Crippen LogP contribution in [0.3, 0.4) is 0 Å². The molecule has 7 nitrogen and oxygen atoms in total. The van der Waals surface area contributed by atoms with Gasteiger partial charge < -0.3 is 19.5 Å². The highest BCUT2D eigenvalue weighted by atomic mass is 16.6. The predicted octanol–water partition coefficient (Wildman–Crippen LogP) is 4.80. The molecule has 0 aliphatic rings. The first kappa shape index (κ1) is 26.5. The number of ether oxygens (including phenoxy) is 3. The Hall–Kier alpha value is -3.79. The summed E-state index contributed by atoms with van der Waals surface area (Å²) in [5, 5.41) is 12.1. The van der Waals surface area contributed by atoms with Gasteiger partial charge >= 0.3 is 5.97 Å². The Morgan fingerprint density at radius 1 is 1.09 bits per heavy atom. The van der Waals surface area contributed by atoms with Crippen molar-refractivity contribution in [3.63, 3.8) is 0 Å². The number of rotatable bonds is 10. The topological polar surface area (TPSA) is 97.7 Å². The average molecular weight is 465 g/mol. The van der Waals surface area contributed by atoms with Crippen LogP contribution in [-0.4, -0.2) is 32.1 Å². The molecule has 0 saturated heterocycles. The minimum atomic E-state index is -0.585. The molecular weight excluding hydrogens is 432 g/mol. The maximum Gasteiger partial charge on any atom is 0.349 e. The van der Waals surface area contributed by atoms with Crippen molar-refractivity contribution >= 4 is 18.0 Å². The number of hydrogen-bond donors (Lipinski definition) is 1. The maximum absolute atomic E-state index is 12.4. The molecule has 2 aromatic rings. The van der Waals surface area contributed by atoms with E-state index in [1.54, 1.807) is 18.2 Å². The van der Waals surface area contributed by atoms with Crippen molar-refractivity contribution in [3.8, 4) is 23.3 Å². The number of para-hydroxylation sites is 1. The van der Waals surface area contributed by atoms with Gasteiger partial charge in [-0.15, -0.1) is 0 Å². The average Bonchev–Trinajstić information content (AvgIpc) is 2.81. The van der Waals surface area contributed by atoms with Gasteiger partial charge in [0.2, 0.25) is 0 Å². The zero-order chi connectivity index (χ0) is 25.1. The van der Waals surface area contributed by atoms with Gasteiger partial charge in [0.15, 0.2) is 18.1 Å². The van der Waals surface area contributed by atoms with E-state index >= 15 is 0 Å². The van der Waals surface area contributed by atoms with Crippen molar-refractivity contribution in [1.82, 2.24) is 5.32 Å². The smallest absolute Gasteiger partial charge is 0.349 e. The zero-order valence-electron chi connectivity index (χ0n) is 20.4. The third-order valence-electron chi connectivity index (χ3n) is 4.94. The Balaban J connectivity index is 2.09. The van der Waals surface area contributed by atoms with Gasteiger partial charge in [-0.25, -0.2) is 4.79 Å². The summed E-state index contributed by atoms with van der Waals surface area (Å²) in [7, 11) is 1.44. The molecule has 0 atom stereocenters. The monoisotopic (exact) mass is 464 g/mol. The zero-order valence-corrected chi connectivity index (χ0v) is 20.4. The fourth-order valence-corrected chi connectivity index (χ4v) is 3.15. The number of nitriles is 1. The SMILES string of the molecule is CCCCNC(=O)/C(C#N)=C/c1ccc(OC(=O)COc2ccccc2C(C)(C)C)c(OC)c1. The van der Waals surface area contributed by atoms with Gasteiger partial charge in [-0.05, 0) is 47.2 Å². The van der Waals surface area contributed by atoms with E-state index in [9.17, 15) is 14.9 Å². The van der Waals surface area contributed by atoms with Crippen molar-refractivity contribution in [2.45, 2.75) is 46.0 Å². The standard InChI is InChI=1S/C27H32N2O5/c1-6-7-14-29-26(31)20(17-28)15-19-12-13-23(24(16-19)32-5)34-25(30)18-33-22-11-9-8-10-21(22)27(2,3)4/h8-13,15-16H,6-7,14,18H2,1-5H3,(H,29,31)/b20-15+. The van der Waals surface area contributed by atoms with Crippen LogP contribution in [-0.2, 0) is 15.0 Å². The van der Waals surface area contributed by atoms with Gasteiger partial charge in [0.1, 0.15) is 17.4 Å². The normalized spacial score (nSPS) is 11.4. The van der Waals surface area contributed by atoms with E-state index in [1.807, 2.05) is 37.3 Å². The van der Waals surface area contributed by atoms with Crippen molar-refractivity contribution < 1.29 is 23.8 Å². The second kappa shape index (κ2) is 12.4. The molecule has 34 heavy (non-hydrogen) atoms. The lowest BCUT2D eigenvalue weighted by Crippen LogP contribution is -2.25. The summed E-state index contributed by atoms with van der Waals surface area (Å²) in [5.74, 6) is 0.112. The molecular formula is C27H32N2O5. The van der Waals surface area contributed by atoms with Crippen LogP contribution in [0.2, 0.25) is 0 Å². The van der Waals surface area contributed by atoms with Gasteiger partial charge in [0, 0.05) is 6.54 Å². The van der Waals surface area contributed by atoms with Gasteiger partial charge in [-0.2, -0.15) is 5.26 Å².